The van der Waals surface area contributed by atoms with Crippen LogP contribution in [-0.2, 0) is 0 Å². The van der Waals surface area contributed by atoms with Crippen LogP contribution in [0.25, 0.3) is 33.2 Å². The monoisotopic (exact) mass is 319 g/mol. The molecule has 5 rings (SSSR count). The summed E-state index contributed by atoms with van der Waals surface area (Å²) in [5.74, 6) is -0.260. The number of nitrogen functional groups attached to an aromatic ring is 3. The van der Waals surface area contributed by atoms with Crippen LogP contribution < -0.4 is 17.2 Å². The molecule has 0 amide bonds. The number of nitrogens with two attached hydrogens (primary N) is 3. The predicted molar refractivity (Wildman–Crippen MR) is 86.7 cm³/mol. The molecule has 0 saturated carbocycles. The van der Waals surface area contributed by atoms with E-state index in [-0.39, 0.29) is 5.78 Å². The Bertz CT molecular complexity index is 1090. The second kappa shape index (κ2) is 3.98. The van der Waals surface area contributed by atoms with Crippen LogP contribution in [0.2, 0.25) is 0 Å². The average Bonchev–Trinajstić information content (AvgIpc) is 3.25. The zero-order valence-electron chi connectivity index (χ0n) is 12.1. The van der Waals surface area contributed by atoms with Crippen molar-refractivity contribution in [1.82, 2.24) is 20.4 Å². The number of aromatic nitrogens is 4. The summed E-state index contributed by atoms with van der Waals surface area (Å²) >= 11 is 0. The highest BCUT2D eigenvalue weighted by Gasteiger charge is 2.35. The van der Waals surface area contributed by atoms with Gasteiger partial charge in [0.1, 0.15) is 22.1 Å². The lowest BCUT2D eigenvalue weighted by Crippen LogP contribution is -2.15. The molecule has 0 atom stereocenters. The van der Waals surface area contributed by atoms with E-state index in [1.54, 1.807) is 12.1 Å². The second-order valence-electron chi connectivity index (χ2n) is 5.59. The molecule has 4 aromatic rings. The van der Waals surface area contributed by atoms with Gasteiger partial charge in [-0.15, -0.1) is 20.4 Å². The molecule has 0 radical (unpaired) electrons. The Kier molecular flexibility index (Phi) is 2.13. The molecule has 0 unspecified atom stereocenters. The smallest absolute Gasteiger partial charge is 0.243 e. The Hall–Kier alpha value is -3.69. The number of nitrogens with zero attached hydrogens (tertiary/aromatic N) is 6. The van der Waals surface area contributed by atoms with Crippen LogP contribution in [0.5, 0.6) is 0 Å². The van der Waals surface area contributed by atoms with Gasteiger partial charge >= 0.3 is 0 Å². The van der Waals surface area contributed by atoms with E-state index in [0.29, 0.717) is 55.8 Å². The number of rotatable bonds is 3. The van der Waals surface area contributed by atoms with E-state index in [2.05, 4.69) is 30.6 Å². The minimum Gasteiger partial charge on any atom is -0.399 e. The summed E-state index contributed by atoms with van der Waals surface area (Å²) in [7, 11) is 0. The van der Waals surface area contributed by atoms with Gasteiger partial charge in [0, 0.05) is 28.2 Å². The fourth-order valence-electron chi connectivity index (χ4n) is 2.94. The van der Waals surface area contributed by atoms with Gasteiger partial charge < -0.3 is 17.2 Å². The minimum absolute atomic E-state index is 0.260. The third kappa shape index (κ3) is 1.46. The zero-order valence-corrected chi connectivity index (χ0v) is 12.1. The third-order valence-corrected chi connectivity index (χ3v) is 4.08. The van der Waals surface area contributed by atoms with E-state index in [9.17, 15) is 4.79 Å². The molecule has 6 N–H and O–H groups in total. The Balaban J connectivity index is 1.83. The molecule has 0 saturated heterocycles. The first kappa shape index (κ1) is 12.8. The fourth-order valence-corrected chi connectivity index (χ4v) is 2.94. The molecule has 10 nitrogen and oxygen atoms in total. The van der Waals surface area contributed by atoms with E-state index in [0.717, 1.165) is 0 Å². The van der Waals surface area contributed by atoms with Gasteiger partial charge in [-0.25, -0.2) is 0 Å². The Morgan fingerprint density at radius 2 is 1.29 bits per heavy atom. The maximum absolute atomic E-state index is 12.4. The van der Waals surface area contributed by atoms with Gasteiger partial charge in [-0.05, 0) is 12.1 Å². The Morgan fingerprint density at radius 1 is 0.792 bits per heavy atom. The van der Waals surface area contributed by atoms with Crippen molar-refractivity contribution < 1.29 is 4.79 Å². The number of anilines is 3. The molecule has 24 heavy (non-hydrogen) atoms. The summed E-state index contributed by atoms with van der Waals surface area (Å²) in [4.78, 5) is 12.4. The van der Waals surface area contributed by atoms with Crippen molar-refractivity contribution in [2.45, 2.75) is 6.17 Å². The van der Waals surface area contributed by atoms with Crippen molar-refractivity contribution in [1.29, 1.82) is 0 Å². The molecule has 116 valence electrons. The number of fused-ring (bicyclic) bond motifs is 2. The second-order valence-corrected chi connectivity index (χ2v) is 5.59. The molecule has 3 heterocycles. The summed E-state index contributed by atoms with van der Waals surface area (Å²) in [6.45, 7) is 0. The fraction of sp³-hybridized carbons (Fsp3) is 0.0714. The summed E-state index contributed by atoms with van der Waals surface area (Å²) in [5.41, 5.74) is 22.6. The Morgan fingerprint density at radius 3 is 1.71 bits per heavy atom. The molecule has 0 bridgehead atoms. The number of carbonyl (C=O) groups excluding carboxylic acids is 1. The van der Waals surface area contributed by atoms with Crippen LogP contribution in [0.3, 0.4) is 0 Å². The van der Waals surface area contributed by atoms with Crippen LogP contribution in [0.15, 0.2) is 22.4 Å². The number of carbonyl (C=O) groups is 1. The van der Waals surface area contributed by atoms with Crippen LogP contribution in [-0.4, -0.2) is 32.3 Å². The van der Waals surface area contributed by atoms with E-state index in [4.69, 9.17) is 17.2 Å². The minimum atomic E-state index is -0.678. The van der Waals surface area contributed by atoms with Gasteiger partial charge in [0.25, 0.3) is 0 Å². The largest absolute Gasteiger partial charge is 0.399 e. The normalized spacial score (nSPS) is 14.2. The molecule has 10 heteroatoms. The molecule has 2 aromatic heterocycles. The van der Waals surface area contributed by atoms with Crippen molar-refractivity contribution in [2.75, 3.05) is 17.2 Å². The zero-order chi connectivity index (χ0) is 16.6. The van der Waals surface area contributed by atoms with Gasteiger partial charge in [-0.1, -0.05) is 0 Å². The van der Waals surface area contributed by atoms with Crippen LogP contribution in [0.1, 0.15) is 10.4 Å². The van der Waals surface area contributed by atoms with Gasteiger partial charge in [0.15, 0.2) is 0 Å². The molecule has 0 aliphatic carbocycles. The number of hydrogen-bond acceptors (Lipinski definition) is 10. The highest BCUT2D eigenvalue weighted by molar-refractivity contribution is 6.24. The van der Waals surface area contributed by atoms with Crippen LogP contribution >= 0.6 is 0 Å². The van der Waals surface area contributed by atoms with E-state index < -0.39 is 6.17 Å². The summed E-state index contributed by atoms with van der Waals surface area (Å²) in [6, 6.07) is 3.22. The summed E-state index contributed by atoms with van der Waals surface area (Å²) in [5, 5.41) is 23.4. The first-order chi connectivity index (χ1) is 11.6. The SMILES string of the molecule is Nc1cc(N)c(-c2c3nnc3c(C(=O)C3N=N3)c3nnc23)c(N)c1. The lowest BCUT2D eigenvalue weighted by atomic mass is 9.93. The first-order valence-corrected chi connectivity index (χ1v) is 7.02. The standard InChI is InChI=1S/C14H9N9O/c15-3-1-4(16)6(5(17)2-3)7-9-11(20-18-9)8(12-10(7)19-21-12)13(24)14-22-23-14/h1-2,14H,15-17H2. The van der Waals surface area contributed by atoms with Crippen molar-refractivity contribution in [3.63, 3.8) is 0 Å². The van der Waals surface area contributed by atoms with Gasteiger partial charge in [-0.3, -0.25) is 4.79 Å². The highest BCUT2D eigenvalue weighted by Crippen LogP contribution is 2.43. The van der Waals surface area contributed by atoms with Gasteiger partial charge in [-0.2, -0.15) is 10.2 Å². The maximum Gasteiger partial charge on any atom is 0.243 e. The Labute approximate surface area is 133 Å². The molecule has 0 fully saturated rings. The van der Waals surface area contributed by atoms with Crippen molar-refractivity contribution >= 4 is 44.9 Å². The molecular formula is C14H9N9O. The van der Waals surface area contributed by atoms with E-state index in [1.165, 1.54) is 0 Å². The highest BCUT2D eigenvalue weighted by atomic mass is 16.1. The molecule has 1 aliphatic heterocycles. The first-order valence-electron chi connectivity index (χ1n) is 7.02. The van der Waals surface area contributed by atoms with Crippen molar-refractivity contribution in [3.05, 3.63) is 17.7 Å². The number of benzene rings is 2. The lowest BCUT2D eigenvalue weighted by Gasteiger charge is -2.18. The summed E-state index contributed by atoms with van der Waals surface area (Å²) in [6.07, 6.45) is -0.678. The van der Waals surface area contributed by atoms with E-state index >= 15 is 0 Å². The molecule has 1 aliphatic rings. The maximum atomic E-state index is 12.4. The topological polar surface area (TPSA) is 171 Å². The quantitative estimate of drug-likeness (QED) is 0.368. The molecule has 0 spiro atoms. The van der Waals surface area contributed by atoms with E-state index in [1.807, 2.05) is 0 Å². The number of Topliss-reactive ketones (excluding diaryl/α,β-unsaturated/α-hetero) is 1. The van der Waals surface area contributed by atoms with Crippen molar-refractivity contribution in [3.8, 4) is 11.1 Å². The number of ketones is 1. The molecule has 2 aromatic carbocycles. The third-order valence-electron chi connectivity index (χ3n) is 4.08. The molecular weight excluding hydrogens is 310 g/mol. The number of hydrogen-bond donors (Lipinski definition) is 3. The van der Waals surface area contributed by atoms with Crippen molar-refractivity contribution in [2.24, 2.45) is 10.2 Å². The predicted octanol–water partition coefficient (Wildman–Crippen LogP) is 0.837. The van der Waals surface area contributed by atoms with Crippen LogP contribution in [0, 0.1) is 0 Å². The van der Waals surface area contributed by atoms with Gasteiger partial charge in [0.2, 0.25) is 11.9 Å². The van der Waals surface area contributed by atoms with Crippen LogP contribution in [0.4, 0.5) is 17.1 Å². The lowest BCUT2D eigenvalue weighted by molar-refractivity contribution is 0.0989. The van der Waals surface area contributed by atoms with Gasteiger partial charge in [0.05, 0.1) is 5.56 Å². The summed E-state index contributed by atoms with van der Waals surface area (Å²) < 4.78 is 0. The average molecular weight is 319 g/mol.